The first kappa shape index (κ1) is 16.2. The Bertz CT molecular complexity index is 988. The number of hydrogen-bond donors (Lipinski definition) is 0. The topological polar surface area (TPSA) is 56.1 Å². The van der Waals surface area contributed by atoms with Gasteiger partial charge in [-0.05, 0) is 18.6 Å². The Hall–Kier alpha value is -2.66. The summed E-state index contributed by atoms with van der Waals surface area (Å²) in [4.78, 5) is 13.0. The Kier molecular flexibility index (Phi) is 4.11. The number of nitrogens with zero attached hydrogens (tertiary/aromatic N) is 1. The van der Waals surface area contributed by atoms with Crippen LogP contribution in [0.3, 0.4) is 0 Å². The maximum atomic E-state index is 13.0. The van der Waals surface area contributed by atoms with Gasteiger partial charge in [0, 0.05) is 16.8 Å². The first-order valence-electron chi connectivity index (χ1n) is 7.47. The van der Waals surface area contributed by atoms with Crippen LogP contribution in [0.15, 0.2) is 66.7 Å². The number of carbonyl (C=O) groups is 1. The van der Waals surface area contributed by atoms with E-state index >= 15 is 0 Å². The molecule has 0 fully saturated rings. The highest BCUT2D eigenvalue weighted by Gasteiger charge is 2.26. The van der Waals surface area contributed by atoms with Crippen LogP contribution in [0, 0.1) is 6.92 Å². The van der Waals surface area contributed by atoms with Crippen molar-refractivity contribution >= 4 is 15.8 Å². The summed E-state index contributed by atoms with van der Waals surface area (Å²) >= 11 is 0. The predicted octanol–water partition coefficient (Wildman–Crippen LogP) is 3.50. The Balaban J connectivity index is 2.32. The summed E-state index contributed by atoms with van der Waals surface area (Å²) in [5, 5.41) is 0. The molecule has 0 amide bonds. The van der Waals surface area contributed by atoms with Gasteiger partial charge in [-0.2, -0.15) is 0 Å². The first-order valence-corrected chi connectivity index (χ1v) is 9.32. The van der Waals surface area contributed by atoms with Crippen LogP contribution in [0.5, 0.6) is 0 Å². The summed E-state index contributed by atoms with van der Waals surface area (Å²) in [5.41, 5.74) is 2.57. The van der Waals surface area contributed by atoms with Crippen molar-refractivity contribution in [1.29, 1.82) is 0 Å². The number of aryl methyl sites for hydroxylation is 1. The van der Waals surface area contributed by atoms with Gasteiger partial charge in [0.15, 0.2) is 0 Å². The largest absolute Gasteiger partial charge is 0.287 e. The van der Waals surface area contributed by atoms with E-state index in [0.29, 0.717) is 16.8 Å². The van der Waals surface area contributed by atoms with Crippen molar-refractivity contribution in [3.63, 3.8) is 0 Å². The molecule has 5 heteroatoms. The van der Waals surface area contributed by atoms with Crippen LogP contribution in [0.25, 0.3) is 11.1 Å². The molecule has 0 bridgehead atoms. The highest BCUT2D eigenvalue weighted by molar-refractivity contribution is 7.89. The summed E-state index contributed by atoms with van der Waals surface area (Å²) in [6.45, 7) is 1.69. The van der Waals surface area contributed by atoms with Gasteiger partial charge < -0.3 is 0 Å². The second kappa shape index (κ2) is 6.09. The van der Waals surface area contributed by atoms with Crippen molar-refractivity contribution in [3.8, 4) is 11.1 Å². The van der Waals surface area contributed by atoms with E-state index < -0.39 is 10.0 Å². The zero-order valence-corrected chi connectivity index (χ0v) is 14.2. The molecule has 4 nitrogen and oxygen atoms in total. The number of carbonyl (C=O) groups excluding carboxylic acids is 1. The number of benzene rings is 2. The minimum atomic E-state index is -3.61. The number of rotatable bonds is 4. The van der Waals surface area contributed by atoms with Crippen LogP contribution in [0.2, 0.25) is 0 Å². The molecule has 0 saturated heterocycles. The molecule has 1 aromatic heterocycles. The predicted molar refractivity (Wildman–Crippen MR) is 94.7 cm³/mol. The van der Waals surface area contributed by atoms with Crippen LogP contribution in [-0.2, 0) is 10.0 Å². The van der Waals surface area contributed by atoms with Crippen LogP contribution >= 0.6 is 0 Å². The molecule has 3 aromatic rings. The Morgan fingerprint density at radius 2 is 1.46 bits per heavy atom. The lowest BCUT2D eigenvalue weighted by molar-refractivity contribution is 0.103. The summed E-state index contributed by atoms with van der Waals surface area (Å²) in [6, 6.07) is 19.8. The van der Waals surface area contributed by atoms with Crippen LogP contribution in [0.1, 0.15) is 21.7 Å². The SMILES string of the molecule is Cc1cc(-c2ccccc2)c(C(=O)c2ccccc2)n1S(C)(=O)=O. The number of ketones is 1. The van der Waals surface area contributed by atoms with Crippen LogP contribution in [0.4, 0.5) is 0 Å². The molecule has 0 N–H and O–H groups in total. The molecule has 0 spiro atoms. The van der Waals surface area contributed by atoms with Gasteiger partial charge in [-0.3, -0.25) is 4.79 Å². The van der Waals surface area contributed by atoms with Crippen molar-refractivity contribution in [1.82, 2.24) is 3.97 Å². The maximum Gasteiger partial charge on any atom is 0.236 e. The molecule has 0 saturated carbocycles. The molecule has 3 rings (SSSR count). The van der Waals surface area contributed by atoms with E-state index in [1.807, 2.05) is 36.4 Å². The lowest BCUT2D eigenvalue weighted by Gasteiger charge is -2.10. The van der Waals surface area contributed by atoms with Crippen molar-refractivity contribution in [3.05, 3.63) is 83.7 Å². The van der Waals surface area contributed by atoms with E-state index in [1.54, 1.807) is 37.3 Å². The number of hydrogen-bond acceptors (Lipinski definition) is 3. The molecule has 0 radical (unpaired) electrons. The second-order valence-electron chi connectivity index (χ2n) is 5.64. The van der Waals surface area contributed by atoms with Gasteiger partial charge in [0.05, 0.1) is 6.26 Å². The third-order valence-electron chi connectivity index (χ3n) is 3.80. The fraction of sp³-hybridized carbons (Fsp3) is 0.105. The van der Waals surface area contributed by atoms with Crippen LogP contribution in [-0.4, -0.2) is 24.4 Å². The second-order valence-corrected chi connectivity index (χ2v) is 7.47. The molecule has 24 heavy (non-hydrogen) atoms. The van der Waals surface area contributed by atoms with Gasteiger partial charge >= 0.3 is 0 Å². The van der Waals surface area contributed by atoms with E-state index in [4.69, 9.17) is 0 Å². The van der Waals surface area contributed by atoms with Crippen LogP contribution < -0.4 is 0 Å². The smallest absolute Gasteiger partial charge is 0.236 e. The highest BCUT2D eigenvalue weighted by atomic mass is 32.2. The van der Waals surface area contributed by atoms with Gasteiger partial charge in [0.25, 0.3) is 0 Å². The fourth-order valence-corrected chi connectivity index (χ4v) is 3.92. The monoisotopic (exact) mass is 339 g/mol. The summed E-state index contributed by atoms with van der Waals surface area (Å²) < 4.78 is 25.7. The van der Waals surface area contributed by atoms with Crippen molar-refractivity contribution in [2.75, 3.05) is 6.26 Å². The third-order valence-corrected chi connectivity index (χ3v) is 4.93. The van der Waals surface area contributed by atoms with Gasteiger partial charge in [0.1, 0.15) is 5.69 Å². The summed E-state index contributed by atoms with van der Waals surface area (Å²) in [7, 11) is -3.61. The first-order chi connectivity index (χ1) is 11.4. The van der Waals surface area contributed by atoms with E-state index in [-0.39, 0.29) is 11.5 Å². The summed E-state index contributed by atoms with van der Waals surface area (Å²) in [5.74, 6) is -0.312. The van der Waals surface area contributed by atoms with E-state index in [2.05, 4.69) is 0 Å². The van der Waals surface area contributed by atoms with Crippen molar-refractivity contribution in [2.45, 2.75) is 6.92 Å². The van der Waals surface area contributed by atoms with E-state index in [0.717, 1.165) is 15.8 Å². The van der Waals surface area contributed by atoms with E-state index in [1.165, 1.54) is 0 Å². The molecule has 0 aliphatic carbocycles. The Morgan fingerprint density at radius 3 is 2.00 bits per heavy atom. The van der Waals surface area contributed by atoms with E-state index in [9.17, 15) is 13.2 Å². The lowest BCUT2D eigenvalue weighted by Crippen LogP contribution is -2.19. The quantitative estimate of drug-likeness (QED) is 0.684. The molecule has 0 aliphatic heterocycles. The Labute approximate surface area is 141 Å². The molecule has 0 unspecified atom stereocenters. The molecule has 0 aliphatic rings. The minimum absolute atomic E-state index is 0.174. The number of aromatic nitrogens is 1. The summed E-state index contributed by atoms with van der Waals surface area (Å²) in [6.07, 6.45) is 1.11. The fourth-order valence-electron chi connectivity index (χ4n) is 2.83. The minimum Gasteiger partial charge on any atom is -0.287 e. The van der Waals surface area contributed by atoms with Gasteiger partial charge in [-0.25, -0.2) is 12.4 Å². The molecule has 122 valence electrons. The zero-order valence-electron chi connectivity index (χ0n) is 13.4. The zero-order chi connectivity index (χ0) is 17.3. The molecule has 1 heterocycles. The molecule has 2 aromatic carbocycles. The Morgan fingerprint density at radius 1 is 0.917 bits per heavy atom. The maximum absolute atomic E-state index is 13.0. The average molecular weight is 339 g/mol. The van der Waals surface area contributed by atoms with Gasteiger partial charge in [-0.15, -0.1) is 0 Å². The third kappa shape index (κ3) is 2.90. The molecular weight excluding hydrogens is 322 g/mol. The van der Waals surface area contributed by atoms with Crippen molar-refractivity contribution < 1.29 is 13.2 Å². The van der Waals surface area contributed by atoms with Gasteiger partial charge in [0.2, 0.25) is 15.8 Å². The van der Waals surface area contributed by atoms with Crippen molar-refractivity contribution in [2.24, 2.45) is 0 Å². The van der Waals surface area contributed by atoms with Gasteiger partial charge in [-0.1, -0.05) is 60.7 Å². The standard InChI is InChI=1S/C19H17NO3S/c1-14-13-17(15-9-5-3-6-10-15)18(20(14)24(2,22)23)19(21)16-11-7-4-8-12-16/h3-13H,1-2H3. The average Bonchev–Trinajstić information content (AvgIpc) is 2.93. The molecular formula is C19H17NO3S. The lowest BCUT2D eigenvalue weighted by atomic mass is 10.0. The normalized spacial score (nSPS) is 11.4. The highest BCUT2D eigenvalue weighted by Crippen LogP contribution is 2.30. The molecule has 0 atom stereocenters.